The van der Waals surface area contributed by atoms with E-state index in [9.17, 15) is 4.79 Å². The van der Waals surface area contributed by atoms with Crippen LogP contribution in [0.5, 0.6) is 5.75 Å². The molecular formula is C24H33IN4O2. The number of aliphatic imine (C=N–C) groups is 1. The average Bonchev–Trinajstić information content (AvgIpc) is 3.24. The Balaban J connectivity index is 0.00000341. The van der Waals surface area contributed by atoms with Crippen LogP contribution in [-0.4, -0.2) is 38.6 Å². The number of nitrogens with zero attached hydrogens (tertiary/aromatic N) is 1. The van der Waals surface area contributed by atoms with Crippen molar-refractivity contribution in [3.63, 3.8) is 0 Å². The van der Waals surface area contributed by atoms with Gasteiger partial charge in [-0.15, -0.1) is 24.0 Å². The number of rotatable bonds is 9. The Morgan fingerprint density at radius 1 is 1.03 bits per heavy atom. The van der Waals surface area contributed by atoms with Gasteiger partial charge in [0.15, 0.2) is 5.96 Å². The number of ether oxygens (including phenoxy) is 1. The number of carbonyl (C=O) groups excluding carboxylic acids is 1. The summed E-state index contributed by atoms with van der Waals surface area (Å²) in [6.45, 7) is 5.07. The molecule has 1 aliphatic rings. The highest BCUT2D eigenvalue weighted by Gasteiger charge is 2.11. The fourth-order valence-corrected chi connectivity index (χ4v) is 3.38. The maximum absolute atomic E-state index is 12.1. The van der Waals surface area contributed by atoms with Crippen molar-refractivity contribution < 1.29 is 9.53 Å². The minimum atomic E-state index is -0.0152. The molecule has 0 saturated heterocycles. The van der Waals surface area contributed by atoms with E-state index in [0.29, 0.717) is 12.1 Å². The first-order chi connectivity index (χ1) is 14.7. The number of nitrogens with one attached hydrogen (secondary N) is 3. The van der Waals surface area contributed by atoms with Crippen LogP contribution in [0.15, 0.2) is 47.5 Å². The molecule has 0 saturated carbocycles. The standard InChI is InChI=1S/C24H32N4O2.HI/c1-3-4-13-26-23(29)20-8-5-19(6-9-20)17-28-24(25-2)27-14-11-18-7-10-22-21(16-18)12-15-30-22;/h5-10,16H,3-4,11-15,17H2,1-2H3,(H,26,29)(H2,25,27,28);1H. The Labute approximate surface area is 202 Å². The second-order valence-electron chi connectivity index (χ2n) is 7.45. The van der Waals surface area contributed by atoms with Gasteiger partial charge < -0.3 is 20.7 Å². The summed E-state index contributed by atoms with van der Waals surface area (Å²) < 4.78 is 5.56. The summed E-state index contributed by atoms with van der Waals surface area (Å²) in [5.41, 5.74) is 4.39. The molecule has 0 fully saturated rings. The number of benzene rings is 2. The van der Waals surface area contributed by atoms with Crippen LogP contribution < -0.4 is 20.7 Å². The van der Waals surface area contributed by atoms with E-state index in [2.05, 4.69) is 46.1 Å². The largest absolute Gasteiger partial charge is 0.493 e. The fourth-order valence-electron chi connectivity index (χ4n) is 3.38. The lowest BCUT2D eigenvalue weighted by Crippen LogP contribution is -2.37. The van der Waals surface area contributed by atoms with Gasteiger partial charge in [0.2, 0.25) is 0 Å². The van der Waals surface area contributed by atoms with Gasteiger partial charge in [-0.05, 0) is 47.7 Å². The first-order valence-electron chi connectivity index (χ1n) is 10.8. The number of halogens is 1. The van der Waals surface area contributed by atoms with Crippen molar-refractivity contribution in [1.29, 1.82) is 0 Å². The molecule has 1 heterocycles. The van der Waals surface area contributed by atoms with Crippen LogP contribution in [0.4, 0.5) is 0 Å². The predicted molar refractivity (Wildman–Crippen MR) is 137 cm³/mol. The van der Waals surface area contributed by atoms with Gasteiger partial charge in [-0.1, -0.05) is 37.6 Å². The van der Waals surface area contributed by atoms with Crippen molar-refractivity contribution in [1.82, 2.24) is 16.0 Å². The quantitative estimate of drug-likeness (QED) is 0.198. The van der Waals surface area contributed by atoms with Crippen molar-refractivity contribution in [2.45, 2.75) is 39.2 Å². The van der Waals surface area contributed by atoms with Gasteiger partial charge >= 0.3 is 0 Å². The van der Waals surface area contributed by atoms with Crippen molar-refractivity contribution in [3.05, 3.63) is 64.7 Å². The Morgan fingerprint density at radius 3 is 2.55 bits per heavy atom. The van der Waals surface area contributed by atoms with Crippen LogP contribution in [0.3, 0.4) is 0 Å². The van der Waals surface area contributed by atoms with E-state index in [4.69, 9.17) is 4.74 Å². The van der Waals surface area contributed by atoms with Gasteiger partial charge in [0.05, 0.1) is 6.61 Å². The summed E-state index contributed by atoms with van der Waals surface area (Å²) in [6, 6.07) is 14.1. The van der Waals surface area contributed by atoms with E-state index in [1.54, 1.807) is 7.05 Å². The first kappa shape index (κ1) is 25.0. The fraction of sp³-hybridized carbons (Fsp3) is 0.417. The molecule has 0 bridgehead atoms. The first-order valence-corrected chi connectivity index (χ1v) is 10.8. The molecule has 0 radical (unpaired) electrons. The van der Waals surface area contributed by atoms with Crippen molar-refractivity contribution in [3.8, 4) is 5.75 Å². The maximum Gasteiger partial charge on any atom is 0.251 e. The summed E-state index contributed by atoms with van der Waals surface area (Å²) in [7, 11) is 1.77. The Bertz CT molecular complexity index is 868. The van der Waals surface area contributed by atoms with E-state index < -0.39 is 0 Å². The molecule has 3 rings (SSSR count). The third kappa shape index (κ3) is 7.72. The molecule has 0 spiro atoms. The van der Waals surface area contributed by atoms with Gasteiger partial charge in [-0.25, -0.2) is 0 Å². The normalized spacial score (nSPS) is 12.4. The van der Waals surface area contributed by atoms with Crippen LogP contribution in [0, 0.1) is 0 Å². The van der Waals surface area contributed by atoms with Crippen molar-refractivity contribution >= 4 is 35.8 Å². The van der Waals surface area contributed by atoms with E-state index in [1.165, 1.54) is 11.1 Å². The zero-order valence-electron chi connectivity index (χ0n) is 18.4. The highest BCUT2D eigenvalue weighted by atomic mass is 127. The number of carbonyl (C=O) groups is 1. The second-order valence-corrected chi connectivity index (χ2v) is 7.45. The number of hydrogen-bond acceptors (Lipinski definition) is 3. The molecule has 1 aliphatic heterocycles. The molecule has 0 aliphatic carbocycles. The van der Waals surface area contributed by atoms with Gasteiger partial charge in [-0.3, -0.25) is 9.79 Å². The van der Waals surface area contributed by atoms with Gasteiger partial charge in [-0.2, -0.15) is 0 Å². The van der Waals surface area contributed by atoms with Crippen LogP contribution >= 0.6 is 24.0 Å². The lowest BCUT2D eigenvalue weighted by Gasteiger charge is -2.12. The number of unbranched alkanes of at least 4 members (excludes halogenated alkanes) is 1. The number of amides is 1. The highest BCUT2D eigenvalue weighted by Crippen LogP contribution is 2.25. The highest BCUT2D eigenvalue weighted by molar-refractivity contribution is 14.0. The van der Waals surface area contributed by atoms with Crippen LogP contribution in [0.25, 0.3) is 0 Å². The summed E-state index contributed by atoms with van der Waals surface area (Å²) in [5, 5.41) is 9.62. The molecule has 3 N–H and O–H groups in total. The second kappa shape index (κ2) is 13.2. The summed E-state index contributed by atoms with van der Waals surface area (Å²) in [6.07, 6.45) is 4.00. The van der Waals surface area contributed by atoms with Crippen LogP contribution in [0.1, 0.15) is 46.8 Å². The third-order valence-electron chi connectivity index (χ3n) is 5.18. The monoisotopic (exact) mass is 536 g/mol. The summed E-state index contributed by atoms with van der Waals surface area (Å²) in [4.78, 5) is 16.4. The SMILES string of the molecule is CCCCNC(=O)c1ccc(CNC(=NC)NCCc2ccc3c(c2)CCO3)cc1.I. The van der Waals surface area contributed by atoms with E-state index in [1.807, 2.05) is 24.3 Å². The molecule has 0 unspecified atom stereocenters. The number of fused-ring (bicyclic) bond motifs is 1. The predicted octanol–water partition coefficient (Wildman–Crippen LogP) is 3.68. The third-order valence-corrected chi connectivity index (χ3v) is 5.18. The Hall–Kier alpha value is -2.29. The van der Waals surface area contributed by atoms with Gasteiger partial charge in [0.25, 0.3) is 5.91 Å². The van der Waals surface area contributed by atoms with E-state index in [0.717, 1.165) is 62.7 Å². The number of guanidine groups is 1. The molecule has 6 nitrogen and oxygen atoms in total. The molecule has 168 valence electrons. The topological polar surface area (TPSA) is 74.8 Å². The molecule has 2 aromatic rings. The Morgan fingerprint density at radius 2 is 1.81 bits per heavy atom. The zero-order chi connectivity index (χ0) is 21.2. The minimum absolute atomic E-state index is 0. The average molecular weight is 536 g/mol. The van der Waals surface area contributed by atoms with E-state index >= 15 is 0 Å². The summed E-state index contributed by atoms with van der Waals surface area (Å²) >= 11 is 0. The molecule has 1 amide bonds. The lowest BCUT2D eigenvalue weighted by molar-refractivity contribution is 0.0953. The molecule has 0 atom stereocenters. The molecule has 0 aromatic heterocycles. The van der Waals surface area contributed by atoms with E-state index in [-0.39, 0.29) is 29.9 Å². The molecule has 2 aromatic carbocycles. The number of hydrogen-bond donors (Lipinski definition) is 3. The minimum Gasteiger partial charge on any atom is -0.493 e. The molecular weight excluding hydrogens is 503 g/mol. The Kier molecular flexibility index (Phi) is 10.6. The molecule has 31 heavy (non-hydrogen) atoms. The summed E-state index contributed by atoms with van der Waals surface area (Å²) in [5.74, 6) is 1.77. The lowest BCUT2D eigenvalue weighted by atomic mass is 10.1. The van der Waals surface area contributed by atoms with Crippen molar-refractivity contribution in [2.24, 2.45) is 4.99 Å². The van der Waals surface area contributed by atoms with Crippen LogP contribution in [0.2, 0.25) is 0 Å². The smallest absolute Gasteiger partial charge is 0.251 e. The van der Waals surface area contributed by atoms with Gasteiger partial charge in [0, 0.05) is 38.7 Å². The maximum atomic E-state index is 12.1. The van der Waals surface area contributed by atoms with Crippen LogP contribution in [-0.2, 0) is 19.4 Å². The molecule has 7 heteroatoms. The van der Waals surface area contributed by atoms with Gasteiger partial charge in [0.1, 0.15) is 5.75 Å². The van der Waals surface area contributed by atoms with Crippen molar-refractivity contribution in [2.75, 3.05) is 26.7 Å². The zero-order valence-corrected chi connectivity index (χ0v) is 20.7.